The second-order valence-corrected chi connectivity index (χ2v) is 4.69. The summed E-state index contributed by atoms with van der Waals surface area (Å²) in [6.07, 6.45) is 4.67. The Morgan fingerprint density at radius 2 is 1.81 bits per heavy atom. The molecule has 0 saturated carbocycles. The summed E-state index contributed by atoms with van der Waals surface area (Å²) in [7, 11) is 0. The fourth-order valence-corrected chi connectivity index (χ4v) is 2.13. The van der Waals surface area contributed by atoms with E-state index >= 15 is 0 Å². The van der Waals surface area contributed by atoms with Gasteiger partial charge in [0.05, 0.1) is 6.61 Å². The second kappa shape index (κ2) is 6.74. The molecule has 1 N–H and O–H groups in total. The second-order valence-electron chi connectivity index (χ2n) is 4.69. The summed E-state index contributed by atoms with van der Waals surface area (Å²) in [5.74, 6) is 0. The molecule has 1 heterocycles. The Morgan fingerprint density at radius 3 is 2.25 bits per heavy atom. The lowest BCUT2D eigenvalue weighted by Gasteiger charge is -2.32. The van der Waals surface area contributed by atoms with Gasteiger partial charge in [-0.25, -0.2) is 4.79 Å². The highest BCUT2D eigenvalue weighted by molar-refractivity contribution is 5.74. The minimum Gasteiger partial charge on any atom is -0.395 e. The number of carbonyl (C=O) groups excluding carboxylic acids is 1. The monoisotopic (exact) mass is 228 g/mol. The molecule has 2 amide bonds. The van der Waals surface area contributed by atoms with Crippen LogP contribution in [0.5, 0.6) is 0 Å². The lowest BCUT2D eigenvalue weighted by molar-refractivity contribution is 0.127. The minimum absolute atomic E-state index is 0.0394. The van der Waals surface area contributed by atoms with Gasteiger partial charge >= 0.3 is 6.03 Å². The summed E-state index contributed by atoms with van der Waals surface area (Å²) >= 11 is 0. The maximum absolute atomic E-state index is 12.2. The van der Waals surface area contributed by atoms with Crippen molar-refractivity contribution >= 4 is 6.03 Å². The van der Waals surface area contributed by atoms with Gasteiger partial charge in [-0.3, -0.25) is 0 Å². The van der Waals surface area contributed by atoms with Crippen LogP contribution in [0.2, 0.25) is 0 Å². The first-order chi connectivity index (χ1) is 7.66. The van der Waals surface area contributed by atoms with E-state index in [1.807, 2.05) is 18.7 Å². The Hall–Kier alpha value is -0.770. The van der Waals surface area contributed by atoms with Crippen LogP contribution in [-0.2, 0) is 0 Å². The van der Waals surface area contributed by atoms with E-state index in [2.05, 4.69) is 0 Å². The number of rotatable bonds is 3. The van der Waals surface area contributed by atoms with Gasteiger partial charge in [-0.15, -0.1) is 0 Å². The lowest BCUT2D eigenvalue weighted by Crippen LogP contribution is -2.47. The fourth-order valence-electron chi connectivity index (χ4n) is 2.13. The van der Waals surface area contributed by atoms with Gasteiger partial charge in [0.1, 0.15) is 0 Å². The van der Waals surface area contributed by atoms with Crippen LogP contribution in [0.25, 0.3) is 0 Å². The topological polar surface area (TPSA) is 43.8 Å². The Bertz CT molecular complexity index is 211. The molecule has 0 aromatic heterocycles. The molecule has 4 heteroatoms. The Morgan fingerprint density at radius 1 is 1.25 bits per heavy atom. The number of likely N-dealkylation sites (tertiary alicyclic amines) is 1. The number of hydrogen-bond acceptors (Lipinski definition) is 2. The van der Waals surface area contributed by atoms with E-state index in [-0.39, 0.29) is 18.7 Å². The number of aliphatic hydroxyl groups is 1. The van der Waals surface area contributed by atoms with Crippen molar-refractivity contribution < 1.29 is 9.90 Å². The lowest BCUT2D eigenvalue weighted by atomic mass is 10.2. The largest absolute Gasteiger partial charge is 0.395 e. The van der Waals surface area contributed by atoms with Crippen molar-refractivity contribution in [2.75, 3.05) is 26.2 Å². The first kappa shape index (κ1) is 13.3. The van der Waals surface area contributed by atoms with Gasteiger partial charge in [0.2, 0.25) is 0 Å². The van der Waals surface area contributed by atoms with Crippen molar-refractivity contribution in [1.29, 1.82) is 0 Å². The van der Waals surface area contributed by atoms with Crippen LogP contribution in [0.3, 0.4) is 0 Å². The zero-order valence-corrected chi connectivity index (χ0v) is 10.5. The Kier molecular flexibility index (Phi) is 5.60. The molecule has 1 aliphatic rings. The fraction of sp³-hybridized carbons (Fsp3) is 0.917. The highest BCUT2D eigenvalue weighted by atomic mass is 16.3. The summed E-state index contributed by atoms with van der Waals surface area (Å²) in [5, 5.41) is 8.98. The van der Waals surface area contributed by atoms with Crippen LogP contribution >= 0.6 is 0 Å². The third kappa shape index (κ3) is 3.67. The maximum Gasteiger partial charge on any atom is 0.320 e. The molecular formula is C12H24N2O2. The number of amides is 2. The van der Waals surface area contributed by atoms with Gasteiger partial charge in [-0.2, -0.15) is 0 Å². The number of carbonyl (C=O) groups is 1. The third-order valence-electron chi connectivity index (χ3n) is 3.09. The molecular weight excluding hydrogens is 204 g/mol. The standard InChI is InChI=1S/C12H24N2O2/c1-11(2)14(9-10-15)12(16)13-7-5-3-4-6-8-13/h11,15H,3-10H2,1-2H3. The molecule has 0 spiro atoms. The number of hydrogen-bond donors (Lipinski definition) is 1. The molecule has 0 unspecified atom stereocenters. The number of aliphatic hydroxyl groups excluding tert-OH is 1. The molecule has 1 fully saturated rings. The summed E-state index contributed by atoms with van der Waals surface area (Å²) in [4.78, 5) is 15.9. The molecule has 0 aromatic carbocycles. The average molecular weight is 228 g/mol. The van der Waals surface area contributed by atoms with Crippen molar-refractivity contribution in [3.63, 3.8) is 0 Å². The van der Waals surface area contributed by atoms with E-state index < -0.39 is 0 Å². The molecule has 0 bridgehead atoms. The SMILES string of the molecule is CC(C)N(CCO)C(=O)N1CCCCCC1. The van der Waals surface area contributed by atoms with Gasteiger partial charge in [-0.05, 0) is 26.7 Å². The number of nitrogens with zero attached hydrogens (tertiary/aromatic N) is 2. The third-order valence-corrected chi connectivity index (χ3v) is 3.09. The van der Waals surface area contributed by atoms with Gasteiger partial charge in [0.25, 0.3) is 0 Å². The predicted octanol–water partition coefficient (Wildman–Crippen LogP) is 1.69. The highest BCUT2D eigenvalue weighted by Gasteiger charge is 2.23. The van der Waals surface area contributed by atoms with Gasteiger partial charge in [0.15, 0.2) is 0 Å². The molecule has 4 nitrogen and oxygen atoms in total. The van der Waals surface area contributed by atoms with E-state index in [1.54, 1.807) is 4.90 Å². The number of urea groups is 1. The first-order valence-electron chi connectivity index (χ1n) is 6.33. The molecule has 0 radical (unpaired) electrons. The van der Waals surface area contributed by atoms with Crippen LogP contribution in [0, 0.1) is 0 Å². The van der Waals surface area contributed by atoms with Crippen molar-refractivity contribution in [2.45, 2.75) is 45.6 Å². The molecule has 1 aliphatic heterocycles. The zero-order valence-electron chi connectivity index (χ0n) is 10.5. The Balaban J connectivity index is 2.57. The van der Waals surface area contributed by atoms with Crippen LogP contribution < -0.4 is 0 Å². The van der Waals surface area contributed by atoms with Crippen LogP contribution in [-0.4, -0.2) is 53.2 Å². The highest BCUT2D eigenvalue weighted by Crippen LogP contribution is 2.13. The van der Waals surface area contributed by atoms with E-state index in [9.17, 15) is 4.79 Å². The normalized spacial score (nSPS) is 17.4. The minimum atomic E-state index is 0.0394. The molecule has 0 atom stereocenters. The molecule has 16 heavy (non-hydrogen) atoms. The van der Waals surface area contributed by atoms with Crippen molar-refractivity contribution in [1.82, 2.24) is 9.80 Å². The van der Waals surface area contributed by atoms with E-state index in [1.165, 1.54) is 12.8 Å². The van der Waals surface area contributed by atoms with E-state index in [4.69, 9.17) is 5.11 Å². The molecule has 0 aliphatic carbocycles. The molecule has 94 valence electrons. The first-order valence-corrected chi connectivity index (χ1v) is 6.33. The summed E-state index contributed by atoms with van der Waals surface area (Å²) < 4.78 is 0. The smallest absolute Gasteiger partial charge is 0.320 e. The van der Waals surface area contributed by atoms with E-state index in [0.717, 1.165) is 25.9 Å². The molecule has 0 aromatic rings. The Labute approximate surface area is 98.2 Å². The van der Waals surface area contributed by atoms with Crippen molar-refractivity contribution in [2.24, 2.45) is 0 Å². The average Bonchev–Trinajstić information content (AvgIpc) is 2.53. The summed E-state index contributed by atoms with van der Waals surface area (Å²) in [5.41, 5.74) is 0. The van der Waals surface area contributed by atoms with Crippen LogP contribution in [0.4, 0.5) is 4.79 Å². The van der Waals surface area contributed by atoms with Gasteiger partial charge < -0.3 is 14.9 Å². The molecule has 1 saturated heterocycles. The van der Waals surface area contributed by atoms with Crippen molar-refractivity contribution in [3.05, 3.63) is 0 Å². The summed E-state index contributed by atoms with van der Waals surface area (Å²) in [6.45, 7) is 6.20. The quantitative estimate of drug-likeness (QED) is 0.798. The van der Waals surface area contributed by atoms with Crippen molar-refractivity contribution in [3.8, 4) is 0 Å². The maximum atomic E-state index is 12.2. The van der Waals surface area contributed by atoms with E-state index in [0.29, 0.717) is 6.54 Å². The van der Waals surface area contributed by atoms with Gasteiger partial charge in [-0.1, -0.05) is 12.8 Å². The zero-order chi connectivity index (χ0) is 12.0. The predicted molar refractivity (Wildman–Crippen MR) is 64.4 cm³/mol. The molecule has 1 rings (SSSR count). The summed E-state index contributed by atoms with van der Waals surface area (Å²) in [6, 6.07) is 0.244. The van der Waals surface area contributed by atoms with Gasteiger partial charge in [0, 0.05) is 25.7 Å². The van der Waals surface area contributed by atoms with Crippen LogP contribution in [0.1, 0.15) is 39.5 Å². The van der Waals surface area contributed by atoms with Crippen LogP contribution in [0.15, 0.2) is 0 Å².